The number of hydrogen-bond acceptors (Lipinski definition) is 2. The zero-order valence-electron chi connectivity index (χ0n) is 9.01. The Hall–Kier alpha value is 0.310. The van der Waals surface area contributed by atoms with E-state index in [1.807, 2.05) is 0 Å². The van der Waals surface area contributed by atoms with Crippen molar-refractivity contribution in [2.75, 3.05) is 18.8 Å². The minimum Gasteiger partial charge on any atom is -0.316 e. The van der Waals surface area contributed by atoms with E-state index >= 15 is 0 Å². The van der Waals surface area contributed by atoms with E-state index in [2.05, 4.69) is 30.9 Å². The van der Waals surface area contributed by atoms with Crippen LogP contribution in [0, 0.1) is 5.92 Å². The Morgan fingerprint density at radius 2 is 2.23 bits per heavy atom. The first-order valence-electron chi connectivity index (χ1n) is 5.61. The summed E-state index contributed by atoms with van der Waals surface area (Å²) in [6.45, 7) is 7.10. The molecule has 1 heterocycles. The third kappa shape index (κ3) is 5.58. The maximum absolute atomic E-state index is 3.51. The van der Waals surface area contributed by atoms with Gasteiger partial charge in [-0.3, -0.25) is 0 Å². The van der Waals surface area contributed by atoms with Gasteiger partial charge >= 0.3 is 0 Å². The average molecular weight is 201 g/mol. The molecule has 0 amide bonds. The summed E-state index contributed by atoms with van der Waals surface area (Å²) < 4.78 is 0. The van der Waals surface area contributed by atoms with E-state index < -0.39 is 0 Å². The third-order valence-electron chi connectivity index (χ3n) is 2.55. The summed E-state index contributed by atoms with van der Waals surface area (Å²) in [4.78, 5) is 0. The Balaban J connectivity index is 2.05. The van der Waals surface area contributed by atoms with Gasteiger partial charge in [0.1, 0.15) is 0 Å². The summed E-state index contributed by atoms with van der Waals surface area (Å²) in [5.41, 5.74) is 0. The van der Waals surface area contributed by atoms with Crippen LogP contribution in [0.25, 0.3) is 0 Å². The number of thioether (sulfide) groups is 1. The van der Waals surface area contributed by atoms with Gasteiger partial charge in [-0.15, -0.1) is 0 Å². The van der Waals surface area contributed by atoms with Crippen molar-refractivity contribution in [1.29, 1.82) is 0 Å². The van der Waals surface area contributed by atoms with Crippen molar-refractivity contribution in [3.63, 3.8) is 0 Å². The molecule has 0 aromatic heterocycles. The second-order valence-corrected chi connectivity index (χ2v) is 5.78. The van der Waals surface area contributed by atoms with Crippen LogP contribution in [0.1, 0.15) is 39.5 Å². The SMILES string of the molecule is CC(C)CCSC1CCCCNC1. The van der Waals surface area contributed by atoms with E-state index in [0.29, 0.717) is 0 Å². The summed E-state index contributed by atoms with van der Waals surface area (Å²) in [7, 11) is 0. The number of nitrogens with one attached hydrogen (secondary N) is 1. The molecule has 1 N–H and O–H groups in total. The molecule has 1 nitrogen and oxygen atoms in total. The minimum atomic E-state index is 0.867. The van der Waals surface area contributed by atoms with Crippen molar-refractivity contribution in [3.05, 3.63) is 0 Å². The standard InChI is InChI=1S/C11H23NS/c1-10(2)6-8-13-11-5-3-4-7-12-9-11/h10-12H,3-9H2,1-2H3. The van der Waals surface area contributed by atoms with Crippen molar-refractivity contribution in [1.82, 2.24) is 5.32 Å². The van der Waals surface area contributed by atoms with Gasteiger partial charge in [-0.25, -0.2) is 0 Å². The molecule has 1 aliphatic heterocycles. The summed E-state index contributed by atoms with van der Waals surface area (Å²) in [5, 5.41) is 4.40. The molecule has 1 unspecified atom stereocenters. The average Bonchev–Trinajstić information content (AvgIpc) is 2.32. The Morgan fingerprint density at radius 3 is 3.00 bits per heavy atom. The molecule has 0 aliphatic carbocycles. The fourth-order valence-corrected chi connectivity index (χ4v) is 3.11. The van der Waals surface area contributed by atoms with Crippen LogP contribution in [-0.4, -0.2) is 24.1 Å². The van der Waals surface area contributed by atoms with Crippen LogP contribution in [0.3, 0.4) is 0 Å². The van der Waals surface area contributed by atoms with Crippen molar-refractivity contribution in [2.24, 2.45) is 5.92 Å². The molecule has 0 radical (unpaired) electrons. The highest BCUT2D eigenvalue weighted by Crippen LogP contribution is 2.20. The van der Waals surface area contributed by atoms with Crippen molar-refractivity contribution < 1.29 is 0 Å². The molecule has 1 aliphatic rings. The molecule has 2 heteroatoms. The lowest BCUT2D eigenvalue weighted by Crippen LogP contribution is -2.22. The van der Waals surface area contributed by atoms with Crippen molar-refractivity contribution in [2.45, 2.75) is 44.8 Å². The number of hydrogen-bond donors (Lipinski definition) is 1. The van der Waals surface area contributed by atoms with E-state index in [0.717, 1.165) is 11.2 Å². The van der Waals surface area contributed by atoms with Gasteiger partial charge in [0, 0.05) is 11.8 Å². The molecule has 0 bridgehead atoms. The number of rotatable bonds is 4. The van der Waals surface area contributed by atoms with E-state index in [1.54, 1.807) is 0 Å². The van der Waals surface area contributed by atoms with Crippen LogP contribution in [-0.2, 0) is 0 Å². The van der Waals surface area contributed by atoms with Crippen molar-refractivity contribution in [3.8, 4) is 0 Å². The van der Waals surface area contributed by atoms with Gasteiger partial charge in [-0.05, 0) is 37.5 Å². The van der Waals surface area contributed by atoms with Gasteiger partial charge in [0.25, 0.3) is 0 Å². The highest BCUT2D eigenvalue weighted by molar-refractivity contribution is 7.99. The fourth-order valence-electron chi connectivity index (χ4n) is 1.60. The lowest BCUT2D eigenvalue weighted by molar-refractivity contribution is 0.629. The molecular formula is C11H23NS. The van der Waals surface area contributed by atoms with E-state index in [4.69, 9.17) is 0 Å². The summed E-state index contributed by atoms with van der Waals surface area (Å²) >= 11 is 2.18. The van der Waals surface area contributed by atoms with Gasteiger partial charge in [0.15, 0.2) is 0 Å². The Labute approximate surface area is 87.1 Å². The van der Waals surface area contributed by atoms with Gasteiger partial charge < -0.3 is 5.32 Å². The minimum absolute atomic E-state index is 0.867. The first-order valence-corrected chi connectivity index (χ1v) is 6.66. The quantitative estimate of drug-likeness (QED) is 0.750. The van der Waals surface area contributed by atoms with Crippen molar-refractivity contribution >= 4 is 11.8 Å². The zero-order chi connectivity index (χ0) is 9.52. The van der Waals surface area contributed by atoms with E-state index in [9.17, 15) is 0 Å². The molecule has 1 saturated heterocycles. The van der Waals surface area contributed by atoms with Crippen LogP contribution < -0.4 is 5.32 Å². The largest absolute Gasteiger partial charge is 0.316 e. The first kappa shape index (κ1) is 11.4. The lowest BCUT2D eigenvalue weighted by atomic mass is 10.2. The van der Waals surface area contributed by atoms with Crippen LogP contribution in [0.15, 0.2) is 0 Å². The summed E-state index contributed by atoms with van der Waals surface area (Å²) in [6.07, 6.45) is 5.60. The Kier molecular flexibility index (Phi) is 5.88. The molecule has 1 atom stereocenters. The molecule has 0 saturated carbocycles. The van der Waals surface area contributed by atoms with Gasteiger partial charge in [0.2, 0.25) is 0 Å². The first-order chi connectivity index (χ1) is 6.29. The molecule has 78 valence electrons. The normalized spacial score (nSPS) is 24.7. The highest BCUT2D eigenvalue weighted by Gasteiger charge is 2.11. The lowest BCUT2D eigenvalue weighted by Gasteiger charge is -2.14. The van der Waals surface area contributed by atoms with Crippen LogP contribution in [0.5, 0.6) is 0 Å². The van der Waals surface area contributed by atoms with Gasteiger partial charge in [-0.2, -0.15) is 11.8 Å². The maximum Gasteiger partial charge on any atom is 0.0172 e. The molecule has 0 aromatic rings. The van der Waals surface area contributed by atoms with Crippen LogP contribution >= 0.6 is 11.8 Å². The summed E-state index contributed by atoms with van der Waals surface area (Å²) in [6, 6.07) is 0. The molecule has 0 aromatic carbocycles. The second kappa shape index (κ2) is 6.72. The monoisotopic (exact) mass is 201 g/mol. The smallest absolute Gasteiger partial charge is 0.0172 e. The predicted molar refractivity (Wildman–Crippen MR) is 62.4 cm³/mol. The maximum atomic E-state index is 3.51. The molecule has 1 fully saturated rings. The van der Waals surface area contributed by atoms with Gasteiger partial charge in [-0.1, -0.05) is 20.3 Å². The fraction of sp³-hybridized carbons (Fsp3) is 1.00. The molecule has 13 heavy (non-hydrogen) atoms. The molecular weight excluding hydrogens is 178 g/mol. The van der Waals surface area contributed by atoms with Crippen LogP contribution in [0.4, 0.5) is 0 Å². The Morgan fingerprint density at radius 1 is 1.38 bits per heavy atom. The topological polar surface area (TPSA) is 12.0 Å². The second-order valence-electron chi connectivity index (χ2n) is 4.38. The third-order valence-corrected chi connectivity index (χ3v) is 3.90. The highest BCUT2D eigenvalue weighted by atomic mass is 32.2. The Bertz CT molecular complexity index is 117. The van der Waals surface area contributed by atoms with Gasteiger partial charge in [0.05, 0.1) is 0 Å². The summed E-state index contributed by atoms with van der Waals surface area (Å²) in [5.74, 6) is 2.22. The van der Waals surface area contributed by atoms with E-state index in [-0.39, 0.29) is 0 Å². The molecule has 1 rings (SSSR count). The zero-order valence-corrected chi connectivity index (χ0v) is 9.83. The predicted octanol–water partition coefficient (Wildman–Crippen LogP) is 2.91. The van der Waals surface area contributed by atoms with E-state index in [1.165, 1.54) is 44.5 Å². The molecule has 0 spiro atoms. The van der Waals surface area contributed by atoms with Crippen LogP contribution in [0.2, 0.25) is 0 Å².